The lowest BCUT2D eigenvalue weighted by atomic mass is 9.91. The van der Waals surface area contributed by atoms with Gasteiger partial charge in [0.2, 0.25) is 0 Å². The van der Waals surface area contributed by atoms with Crippen LogP contribution in [0.2, 0.25) is 0 Å². The van der Waals surface area contributed by atoms with E-state index in [0.29, 0.717) is 13.2 Å². The van der Waals surface area contributed by atoms with Crippen molar-refractivity contribution in [1.82, 2.24) is 4.90 Å². The summed E-state index contributed by atoms with van der Waals surface area (Å²) in [7, 11) is 0. The molecule has 0 bridgehead atoms. The molecule has 1 fully saturated rings. The molecule has 4 nitrogen and oxygen atoms in total. The van der Waals surface area contributed by atoms with Gasteiger partial charge in [-0.1, -0.05) is 42.5 Å². The van der Waals surface area contributed by atoms with E-state index in [1.807, 2.05) is 37.3 Å². The monoisotopic (exact) mass is 339 g/mol. The van der Waals surface area contributed by atoms with Gasteiger partial charge < -0.3 is 9.84 Å². The standard InChI is InChI=1S/C21H25NO3/c1-2-25-19-12-10-17(11-13-19)20(16-7-4-3-5-8-16)22-14-6-9-18(15-22)21(23)24/h3-5,7-8,10-13,18,20H,2,6,9,14-15H2,1H3,(H,23,24). The van der Waals surface area contributed by atoms with Gasteiger partial charge in [-0.3, -0.25) is 9.69 Å². The van der Waals surface area contributed by atoms with Gasteiger partial charge in [-0.05, 0) is 49.6 Å². The number of carboxylic acids is 1. The highest BCUT2D eigenvalue weighted by Crippen LogP contribution is 2.33. The number of piperidine rings is 1. The summed E-state index contributed by atoms with van der Waals surface area (Å²) in [6.45, 7) is 4.12. The fraction of sp³-hybridized carbons (Fsp3) is 0.381. The maximum absolute atomic E-state index is 11.5. The predicted molar refractivity (Wildman–Crippen MR) is 97.8 cm³/mol. The van der Waals surface area contributed by atoms with Crippen molar-refractivity contribution in [1.29, 1.82) is 0 Å². The lowest BCUT2D eigenvalue weighted by Gasteiger charge is -2.37. The average molecular weight is 339 g/mol. The molecular weight excluding hydrogens is 314 g/mol. The zero-order valence-electron chi connectivity index (χ0n) is 14.6. The third-order valence-electron chi connectivity index (χ3n) is 4.79. The van der Waals surface area contributed by atoms with Gasteiger partial charge in [0.05, 0.1) is 18.6 Å². The number of carboxylic acid groups (broad SMARTS) is 1. The Kier molecular flexibility index (Phi) is 5.71. The molecule has 0 aliphatic carbocycles. The predicted octanol–water partition coefficient (Wildman–Crippen LogP) is 3.97. The van der Waals surface area contributed by atoms with Crippen LogP contribution in [-0.4, -0.2) is 35.7 Å². The number of benzene rings is 2. The Balaban J connectivity index is 1.91. The zero-order valence-corrected chi connectivity index (χ0v) is 14.6. The molecule has 3 rings (SSSR count). The van der Waals surface area contributed by atoms with E-state index in [1.165, 1.54) is 11.1 Å². The van der Waals surface area contributed by atoms with E-state index in [9.17, 15) is 9.90 Å². The van der Waals surface area contributed by atoms with Crippen LogP contribution in [0, 0.1) is 5.92 Å². The molecule has 4 heteroatoms. The molecule has 0 radical (unpaired) electrons. The molecule has 25 heavy (non-hydrogen) atoms. The van der Waals surface area contributed by atoms with Crippen molar-refractivity contribution >= 4 is 5.97 Å². The molecular formula is C21H25NO3. The first-order valence-electron chi connectivity index (χ1n) is 8.93. The Labute approximate surface area is 149 Å². The van der Waals surface area contributed by atoms with Gasteiger partial charge in [0.15, 0.2) is 0 Å². The van der Waals surface area contributed by atoms with Crippen LogP contribution >= 0.6 is 0 Å². The van der Waals surface area contributed by atoms with Crippen LogP contribution in [0.25, 0.3) is 0 Å². The summed E-state index contributed by atoms with van der Waals surface area (Å²) < 4.78 is 5.55. The van der Waals surface area contributed by atoms with Crippen molar-refractivity contribution in [2.24, 2.45) is 5.92 Å². The van der Waals surface area contributed by atoms with Crippen molar-refractivity contribution in [3.63, 3.8) is 0 Å². The van der Waals surface area contributed by atoms with Crippen LogP contribution in [0.15, 0.2) is 54.6 Å². The van der Waals surface area contributed by atoms with Crippen LogP contribution in [-0.2, 0) is 4.79 Å². The van der Waals surface area contributed by atoms with Gasteiger partial charge in [0.25, 0.3) is 0 Å². The number of aliphatic carboxylic acids is 1. The van der Waals surface area contributed by atoms with E-state index in [4.69, 9.17) is 4.74 Å². The quantitative estimate of drug-likeness (QED) is 0.865. The summed E-state index contributed by atoms with van der Waals surface area (Å²) in [6, 6.07) is 18.6. The molecule has 2 aromatic carbocycles. The average Bonchev–Trinajstić information content (AvgIpc) is 2.65. The minimum atomic E-state index is -0.691. The van der Waals surface area contributed by atoms with Crippen LogP contribution in [0.4, 0.5) is 0 Å². The molecule has 2 aromatic rings. The van der Waals surface area contributed by atoms with Gasteiger partial charge in [-0.25, -0.2) is 0 Å². The first-order valence-corrected chi connectivity index (χ1v) is 8.93. The van der Waals surface area contributed by atoms with Gasteiger partial charge in [-0.2, -0.15) is 0 Å². The second-order valence-corrected chi connectivity index (χ2v) is 6.49. The number of ether oxygens (including phenoxy) is 1. The molecule has 1 heterocycles. The molecule has 0 amide bonds. The van der Waals surface area contributed by atoms with Crippen molar-refractivity contribution in [2.75, 3.05) is 19.7 Å². The lowest BCUT2D eigenvalue weighted by Crippen LogP contribution is -2.41. The van der Waals surface area contributed by atoms with E-state index in [0.717, 1.165) is 25.1 Å². The fourth-order valence-electron chi connectivity index (χ4n) is 3.60. The van der Waals surface area contributed by atoms with Crippen molar-refractivity contribution in [2.45, 2.75) is 25.8 Å². The SMILES string of the molecule is CCOc1ccc(C(c2ccccc2)N2CCCC(C(=O)O)C2)cc1. The van der Waals surface area contributed by atoms with Crippen LogP contribution < -0.4 is 4.74 Å². The number of hydrogen-bond acceptors (Lipinski definition) is 3. The molecule has 0 aromatic heterocycles. The number of rotatable bonds is 6. The molecule has 0 saturated carbocycles. The number of likely N-dealkylation sites (tertiary alicyclic amines) is 1. The maximum atomic E-state index is 11.5. The Morgan fingerprint density at radius 2 is 1.84 bits per heavy atom. The van der Waals surface area contributed by atoms with Gasteiger partial charge in [0, 0.05) is 6.54 Å². The topological polar surface area (TPSA) is 49.8 Å². The lowest BCUT2D eigenvalue weighted by molar-refractivity contribution is -0.143. The third kappa shape index (κ3) is 4.20. The Hall–Kier alpha value is -2.33. The Bertz CT molecular complexity index is 684. The first kappa shape index (κ1) is 17.5. The largest absolute Gasteiger partial charge is 0.494 e. The van der Waals surface area contributed by atoms with Gasteiger partial charge >= 0.3 is 5.97 Å². The second kappa shape index (κ2) is 8.17. The molecule has 1 saturated heterocycles. The van der Waals surface area contributed by atoms with E-state index < -0.39 is 5.97 Å². The molecule has 2 unspecified atom stereocenters. The highest BCUT2D eigenvalue weighted by atomic mass is 16.5. The summed E-state index contributed by atoms with van der Waals surface area (Å²) in [5.41, 5.74) is 2.36. The van der Waals surface area contributed by atoms with Gasteiger partial charge in [0.1, 0.15) is 5.75 Å². The summed E-state index contributed by atoms with van der Waals surface area (Å²) in [4.78, 5) is 13.8. The Morgan fingerprint density at radius 3 is 2.48 bits per heavy atom. The summed E-state index contributed by atoms with van der Waals surface area (Å²) in [5, 5.41) is 9.43. The van der Waals surface area contributed by atoms with Crippen LogP contribution in [0.3, 0.4) is 0 Å². The van der Waals surface area contributed by atoms with Crippen LogP contribution in [0.5, 0.6) is 5.75 Å². The van der Waals surface area contributed by atoms with Crippen molar-refractivity contribution < 1.29 is 14.6 Å². The van der Waals surface area contributed by atoms with Crippen molar-refractivity contribution in [3.05, 3.63) is 65.7 Å². The highest BCUT2D eigenvalue weighted by Gasteiger charge is 2.31. The normalized spacial score (nSPS) is 19.3. The van der Waals surface area contributed by atoms with Gasteiger partial charge in [-0.15, -0.1) is 0 Å². The number of hydrogen-bond donors (Lipinski definition) is 1. The smallest absolute Gasteiger partial charge is 0.307 e. The minimum absolute atomic E-state index is 0.0685. The molecule has 1 N–H and O–H groups in total. The summed E-state index contributed by atoms with van der Waals surface area (Å²) in [6.07, 6.45) is 1.67. The molecule has 1 aliphatic heterocycles. The second-order valence-electron chi connectivity index (χ2n) is 6.49. The van der Waals surface area contributed by atoms with Crippen LogP contribution in [0.1, 0.15) is 36.9 Å². The third-order valence-corrected chi connectivity index (χ3v) is 4.79. The first-order chi connectivity index (χ1) is 12.2. The molecule has 1 aliphatic rings. The van der Waals surface area contributed by atoms with E-state index in [1.54, 1.807) is 0 Å². The maximum Gasteiger partial charge on any atom is 0.307 e. The Morgan fingerprint density at radius 1 is 1.16 bits per heavy atom. The fourth-order valence-corrected chi connectivity index (χ4v) is 3.60. The van der Waals surface area contributed by atoms with E-state index in [-0.39, 0.29) is 12.0 Å². The van der Waals surface area contributed by atoms with Crippen molar-refractivity contribution in [3.8, 4) is 5.75 Å². The molecule has 2 atom stereocenters. The molecule has 132 valence electrons. The number of carbonyl (C=O) groups is 1. The zero-order chi connectivity index (χ0) is 17.6. The summed E-state index contributed by atoms with van der Waals surface area (Å²) >= 11 is 0. The number of nitrogens with zero attached hydrogens (tertiary/aromatic N) is 1. The minimum Gasteiger partial charge on any atom is -0.494 e. The highest BCUT2D eigenvalue weighted by molar-refractivity contribution is 5.70. The molecule has 0 spiro atoms. The van der Waals surface area contributed by atoms with E-state index in [2.05, 4.69) is 29.2 Å². The summed E-state index contributed by atoms with van der Waals surface area (Å²) in [5.74, 6) is -0.119. The van der Waals surface area contributed by atoms with E-state index >= 15 is 0 Å².